The molecule has 100 valence electrons. The van der Waals surface area contributed by atoms with E-state index in [1.54, 1.807) is 7.05 Å². The minimum absolute atomic E-state index is 0.120. The third-order valence-electron chi connectivity index (χ3n) is 3.25. The van der Waals surface area contributed by atoms with E-state index in [4.69, 9.17) is 0 Å². The monoisotopic (exact) mass is 248 g/mol. The van der Waals surface area contributed by atoms with Crippen molar-refractivity contribution in [1.82, 2.24) is 10.2 Å². The van der Waals surface area contributed by atoms with Gasteiger partial charge in [-0.2, -0.15) is 0 Å². The number of hydrogen-bond acceptors (Lipinski definition) is 2. The van der Waals surface area contributed by atoms with Crippen molar-refractivity contribution in [2.45, 2.75) is 33.2 Å². The number of rotatable bonds is 6. The molecule has 0 unspecified atom stereocenters. The molecule has 0 aliphatic carbocycles. The van der Waals surface area contributed by atoms with E-state index in [0.717, 1.165) is 19.5 Å². The van der Waals surface area contributed by atoms with Gasteiger partial charge in [-0.3, -0.25) is 4.79 Å². The van der Waals surface area contributed by atoms with Crippen molar-refractivity contribution < 1.29 is 4.79 Å². The lowest BCUT2D eigenvalue weighted by Crippen LogP contribution is -2.22. The van der Waals surface area contributed by atoms with E-state index < -0.39 is 0 Å². The Morgan fingerprint density at radius 3 is 2.61 bits per heavy atom. The Morgan fingerprint density at radius 2 is 2.00 bits per heavy atom. The number of nitrogens with one attached hydrogen (secondary N) is 1. The van der Waals surface area contributed by atoms with Gasteiger partial charge in [0.05, 0.1) is 0 Å². The molecule has 18 heavy (non-hydrogen) atoms. The molecular weight excluding hydrogens is 224 g/mol. The molecule has 0 saturated carbocycles. The topological polar surface area (TPSA) is 32.3 Å². The van der Waals surface area contributed by atoms with E-state index in [2.05, 4.69) is 49.3 Å². The molecule has 1 aromatic carbocycles. The fraction of sp³-hybridized carbons (Fsp3) is 0.533. The zero-order valence-corrected chi connectivity index (χ0v) is 11.9. The van der Waals surface area contributed by atoms with Gasteiger partial charge in [-0.05, 0) is 50.6 Å². The fourth-order valence-electron chi connectivity index (χ4n) is 1.93. The van der Waals surface area contributed by atoms with E-state index in [1.165, 1.54) is 16.7 Å². The Morgan fingerprint density at radius 1 is 1.28 bits per heavy atom. The third-order valence-corrected chi connectivity index (χ3v) is 3.25. The molecule has 0 saturated heterocycles. The molecule has 1 N–H and O–H groups in total. The molecule has 0 fully saturated rings. The number of amides is 1. The van der Waals surface area contributed by atoms with E-state index >= 15 is 0 Å². The van der Waals surface area contributed by atoms with Crippen molar-refractivity contribution in [3.8, 4) is 0 Å². The smallest absolute Gasteiger partial charge is 0.219 e. The summed E-state index contributed by atoms with van der Waals surface area (Å²) in [7, 11) is 3.78. The van der Waals surface area contributed by atoms with E-state index in [0.29, 0.717) is 6.42 Å². The number of benzene rings is 1. The second-order valence-electron chi connectivity index (χ2n) is 4.93. The van der Waals surface area contributed by atoms with Gasteiger partial charge in [0.15, 0.2) is 0 Å². The largest absolute Gasteiger partial charge is 0.359 e. The first kappa shape index (κ1) is 14.7. The van der Waals surface area contributed by atoms with Crippen molar-refractivity contribution in [1.29, 1.82) is 0 Å². The predicted octanol–water partition coefficient (Wildman–Crippen LogP) is 2.26. The van der Waals surface area contributed by atoms with Gasteiger partial charge in [-0.1, -0.05) is 18.2 Å². The maximum Gasteiger partial charge on any atom is 0.219 e. The SMILES string of the molecule is CNC(=O)CCCN(C)Cc1ccc(C)c(C)c1. The average molecular weight is 248 g/mol. The maximum atomic E-state index is 11.1. The van der Waals surface area contributed by atoms with Crippen LogP contribution in [0.25, 0.3) is 0 Å². The molecule has 0 radical (unpaired) electrons. The molecular formula is C15H24N2O. The molecule has 0 heterocycles. The molecule has 0 atom stereocenters. The summed E-state index contributed by atoms with van der Waals surface area (Å²) < 4.78 is 0. The molecule has 0 aromatic heterocycles. The van der Waals surface area contributed by atoms with Gasteiger partial charge in [0.2, 0.25) is 5.91 Å². The summed E-state index contributed by atoms with van der Waals surface area (Å²) in [4.78, 5) is 13.4. The van der Waals surface area contributed by atoms with E-state index in [-0.39, 0.29) is 5.91 Å². The maximum absolute atomic E-state index is 11.1. The lowest BCUT2D eigenvalue weighted by atomic mass is 10.1. The quantitative estimate of drug-likeness (QED) is 0.837. The Hall–Kier alpha value is -1.35. The van der Waals surface area contributed by atoms with Crippen LogP contribution in [-0.2, 0) is 11.3 Å². The summed E-state index contributed by atoms with van der Waals surface area (Å²) in [5, 5.41) is 2.64. The molecule has 0 aliphatic heterocycles. The highest BCUT2D eigenvalue weighted by Gasteiger charge is 2.03. The first-order valence-electron chi connectivity index (χ1n) is 6.48. The Kier molecular flexibility index (Phi) is 5.86. The number of carbonyl (C=O) groups excluding carboxylic acids is 1. The van der Waals surface area contributed by atoms with Crippen LogP contribution in [0.3, 0.4) is 0 Å². The van der Waals surface area contributed by atoms with Gasteiger partial charge in [0, 0.05) is 20.0 Å². The number of carbonyl (C=O) groups is 1. The summed E-state index contributed by atoms with van der Waals surface area (Å²) in [6, 6.07) is 6.59. The summed E-state index contributed by atoms with van der Waals surface area (Å²) in [5.74, 6) is 0.120. The summed E-state index contributed by atoms with van der Waals surface area (Å²) in [6.45, 7) is 6.16. The molecule has 1 amide bonds. The highest BCUT2D eigenvalue weighted by molar-refractivity contribution is 5.75. The summed E-state index contributed by atoms with van der Waals surface area (Å²) in [6.07, 6.45) is 1.51. The Bertz CT molecular complexity index is 401. The normalized spacial score (nSPS) is 10.7. The van der Waals surface area contributed by atoms with Crippen LogP contribution in [0.15, 0.2) is 18.2 Å². The second kappa shape index (κ2) is 7.17. The number of nitrogens with zero attached hydrogens (tertiary/aromatic N) is 1. The molecule has 0 aliphatic rings. The fourth-order valence-corrected chi connectivity index (χ4v) is 1.93. The molecule has 0 spiro atoms. The van der Waals surface area contributed by atoms with Crippen LogP contribution < -0.4 is 5.32 Å². The Labute approximate surface area is 110 Å². The second-order valence-corrected chi connectivity index (χ2v) is 4.93. The molecule has 1 rings (SSSR count). The van der Waals surface area contributed by atoms with Crippen LogP contribution in [0.1, 0.15) is 29.5 Å². The van der Waals surface area contributed by atoms with Crippen molar-refractivity contribution in [3.63, 3.8) is 0 Å². The molecule has 3 heteroatoms. The van der Waals surface area contributed by atoms with Gasteiger partial charge < -0.3 is 10.2 Å². The molecule has 3 nitrogen and oxygen atoms in total. The third kappa shape index (κ3) is 4.88. The number of aryl methyl sites for hydroxylation is 2. The van der Waals surface area contributed by atoms with Crippen LogP contribution in [0.2, 0.25) is 0 Å². The van der Waals surface area contributed by atoms with Crippen molar-refractivity contribution in [2.75, 3.05) is 20.6 Å². The van der Waals surface area contributed by atoms with E-state index in [9.17, 15) is 4.79 Å². The van der Waals surface area contributed by atoms with Crippen LogP contribution in [0, 0.1) is 13.8 Å². The van der Waals surface area contributed by atoms with Gasteiger partial charge in [0.1, 0.15) is 0 Å². The van der Waals surface area contributed by atoms with Crippen LogP contribution >= 0.6 is 0 Å². The van der Waals surface area contributed by atoms with Gasteiger partial charge >= 0.3 is 0 Å². The van der Waals surface area contributed by atoms with Crippen molar-refractivity contribution >= 4 is 5.91 Å². The number of hydrogen-bond donors (Lipinski definition) is 1. The van der Waals surface area contributed by atoms with Gasteiger partial charge in [0.25, 0.3) is 0 Å². The Balaban J connectivity index is 2.37. The average Bonchev–Trinajstić information content (AvgIpc) is 2.33. The van der Waals surface area contributed by atoms with Crippen molar-refractivity contribution in [3.05, 3.63) is 34.9 Å². The van der Waals surface area contributed by atoms with Crippen LogP contribution in [-0.4, -0.2) is 31.4 Å². The summed E-state index contributed by atoms with van der Waals surface area (Å²) >= 11 is 0. The van der Waals surface area contributed by atoms with Crippen LogP contribution in [0.4, 0.5) is 0 Å². The van der Waals surface area contributed by atoms with E-state index in [1.807, 2.05) is 0 Å². The zero-order chi connectivity index (χ0) is 13.5. The lowest BCUT2D eigenvalue weighted by Gasteiger charge is -2.17. The molecule has 0 bridgehead atoms. The predicted molar refractivity (Wildman–Crippen MR) is 75.6 cm³/mol. The summed E-state index contributed by atoms with van der Waals surface area (Å²) in [5.41, 5.74) is 4.01. The first-order chi connectivity index (χ1) is 8.52. The first-order valence-corrected chi connectivity index (χ1v) is 6.48. The minimum atomic E-state index is 0.120. The highest BCUT2D eigenvalue weighted by Crippen LogP contribution is 2.11. The lowest BCUT2D eigenvalue weighted by molar-refractivity contribution is -0.120. The van der Waals surface area contributed by atoms with Gasteiger partial charge in [-0.25, -0.2) is 0 Å². The highest BCUT2D eigenvalue weighted by atomic mass is 16.1. The van der Waals surface area contributed by atoms with Gasteiger partial charge in [-0.15, -0.1) is 0 Å². The standard InChI is InChI=1S/C15H24N2O/c1-12-7-8-14(10-13(12)2)11-17(4)9-5-6-15(18)16-3/h7-8,10H,5-6,9,11H2,1-4H3,(H,16,18). The van der Waals surface area contributed by atoms with Crippen molar-refractivity contribution in [2.24, 2.45) is 0 Å². The molecule has 1 aromatic rings. The minimum Gasteiger partial charge on any atom is -0.359 e. The van der Waals surface area contributed by atoms with Crippen LogP contribution in [0.5, 0.6) is 0 Å². The zero-order valence-electron chi connectivity index (χ0n) is 11.9.